The van der Waals surface area contributed by atoms with E-state index in [4.69, 9.17) is 27.9 Å². The van der Waals surface area contributed by atoms with E-state index in [0.29, 0.717) is 27.6 Å². The van der Waals surface area contributed by atoms with E-state index in [-0.39, 0.29) is 12.5 Å². The fraction of sp³-hybridized carbons (Fsp3) is 0.556. The highest BCUT2D eigenvalue weighted by molar-refractivity contribution is 6.35. The van der Waals surface area contributed by atoms with Gasteiger partial charge in [-0.3, -0.25) is 4.79 Å². The lowest BCUT2D eigenvalue weighted by molar-refractivity contribution is -0.123. The van der Waals surface area contributed by atoms with Crippen LogP contribution in [0.15, 0.2) is 23.3 Å². The van der Waals surface area contributed by atoms with Crippen molar-refractivity contribution in [1.29, 1.82) is 0 Å². The van der Waals surface area contributed by atoms with Crippen molar-refractivity contribution in [3.63, 3.8) is 0 Å². The molecule has 0 unspecified atom stereocenters. The molecule has 4 fully saturated rings. The Kier molecular flexibility index (Phi) is 4.44. The van der Waals surface area contributed by atoms with Gasteiger partial charge in [0, 0.05) is 10.7 Å². The molecule has 4 bridgehead atoms. The number of hydrogen-bond acceptors (Lipinski definition) is 3. The number of carbonyl (C=O) groups is 1. The number of hydrazone groups is 1. The van der Waals surface area contributed by atoms with Crippen LogP contribution in [0.25, 0.3) is 0 Å². The standard InChI is InChI=1S/C18H20Cl2N2O2/c19-14-1-2-16(15(20)8-14)24-9-17(23)21-22-18-12-4-10-3-11(6-12)7-13(18)5-10/h1-2,8,10-13H,3-7,9H2,(H,21,23). The zero-order chi connectivity index (χ0) is 16.7. The number of halogens is 2. The molecule has 1 N–H and O–H groups in total. The van der Waals surface area contributed by atoms with Crippen LogP contribution in [0, 0.1) is 23.7 Å². The number of benzene rings is 1. The summed E-state index contributed by atoms with van der Waals surface area (Å²) in [5.41, 5.74) is 3.88. The molecular weight excluding hydrogens is 347 g/mol. The third-order valence-electron chi connectivity index (χ3n) is 5.54. The fourth-order valence-corrected chi connectivity index (χ4v) is 5.21. The van der Waals surface area contributed by atoms with Gasteiger partial charge in [0.1, 0.15) is 5.75 Å². The summed E-state index contributed by atoms with van der Waals surface area (Å²) in [5, 5.41) is 5.38. The summed E-state index contributed by atoms with van der Waals surface area (Å²) >= 11 is 11.9. The fourth-order valence-electron chi connectivity index (χ4n) is 4.74. The summed E-state index contributed by atoms with van der Waals surface area (Å²) in [6.45, 7) is -0.112. The van der Waals surface area contributed by atoms with E-state index in [1.807, 2.05) is 0 Å². The van der Waals surface area contributed by atoms with Gasteiger partial charge in [-0.15, -0.1) is 0 Å². The van der Waals surface area contributed by atoms with Crippen LogP contribution in [0.1, 0.15) is 32.1 Å². The SMILES string of the molecule is O=C(COc1ccc(Cl)cc1Cl)NN=C1C2CC3CC(C2)CC1C3. The topological polar surface area (TPSA) is 50.7 Å². The molecule has 0 atom stereocenters. The van der Waals surface area contributed by atoms with Gasteiger partial charge < -0.3 is 4.74 Å². The highest BCUT2D eigenvalue weighted by Gasteiger charge is 2.46. The molecule has 128 valence electrons. The van der Waals surface area contributed by atoms with E-state index in [1.165, 1.54) is 37.8 Å². The van der Waals surface area contributed by atoms with Gasteiger partial charge in [0.15, 0.2) is 6.61 Å². The third kappa shape index (κ3) is 3.27. The number of amides is 1. The Morgan fingerprint density at radius 2 is 1.79 bits per heavy atom. The van der Waals surface area contributed by atoms with Crippen molar-refractivity contribution < 1.29 is 9.53 Å². The van der Waals surface area contributed by atoms with E-state index < -0.39 is 0 Å². The van der Waals surface area contributed by atoms with E-state index in [1.54, 1.807) is 18.2 Å². The predicted molar refractivity (Wildman–Crippen MR) is 94.6 cm³/mol. The average Bonchev–Trinajstić information content (AvgIpc) is 2.52. The molecule has 24 heavy (non-hydrogen) atoms. The van der Waals surface area contributed by atoms with Gasteiger partial charge in [-0.2, -0.15) is 5.10 Å². The lowest BCUT2D eigenvalue weighted by Crippen LogP contribution is -2.46. The van der Waals surface area contributed by atoms with E-state index >= 15 is 0 Å². The normalized spacial score (nSPS) is 30.3. The lowest BCUT2D eigenvalue weighted by atomic mass is 9.55. The maximum atomic E-state index is 12.0. The van der Waals surface area contributed by atoms with Gasteiger partial charge in [-0.25, -0.2) is 5.43 Å². The highest BCUT2D eigenvalue weighted by Crippen LogP contribution is 2.52. The largest absolute Gasteiger partial charge is 0.482 e. The first-order valence-corrected chi connectivity index (χ1v) is 9.28. The first kappa shape index (κ1) is 16.2. The van der Waals surface area contributed by atoms with E-state index in [9.17, 15) is 4.79 Å². The molecule has 4 nitrogen and oxygen atoms in total. The summed E-state index contributed by atoms with van der Waals surface area (Å²) in [4.78, 5) is 12.0. The van der Waals surface area contributed by atoms with Crippen molar-refractivity contribution in [2.45, 2.75) is 32.1 Å². The molecule has 0 spiro atoms. The van der Waals surface area contributed by atoms with Crippen LogP contribution >= 0.6 is 23.2 Å². The van der Waals surface area contributed by atoms with Gasteiger partial charge in [-0.05, 0) is 74.0 Å². The van der Waals surface area contributed by atoms with Gasteiger partial charge >= 0.3 is 0 Å². The molecule has 5 rings (SSSR count). The molecule has 0 saturated heterocycles. The van der Waals surface area contributed by atoms with Gasteiger partial charge in [0.2, 0.25) is 0 Å². The Morgan fingerprint density at radius 3 is 2.42 bits per heavy atom. The minimum atomic E-state index is -0.262. The van der Waals surface area contributed by atoms with Gasteiger partial charge in [0.05, 0.1) is 5.02 Å². The van der Waals surface area contributed by atoms with E-state index in [0.717, 1.165) is 11.8 Å². The quantitative estimate of drug-likeness (QED) is 0.807. The molecule has 0 aromatic heterocycles. The van der Waals surface area contributed by atoms with Crippen molar-refractivity contribution in [2.75, 3.05) is 6.61 Å². The van der Waals surface area contributed by atoms with Crippen LogP contribution in [0.5, 0.6) is 5.75 Å². The van der Waals surface area contributed by atoms with Crippen LogP contribution < -0.4 is 10.2 Å². The van der Waals surface area contributed by atoms with Crippen molar-refractivity contribution in [3.8, 4) is 5.75 Å². The Balaban J connectivity index is 1.33. The van der Waals surface area contributed by atoms with Crippen LogP contribution in [0.4, 0.5) is 0 Å². The second kappa shape index (κ2) is 6.57. The number of hydrogen-bond donors (Lipinski definition) is 1. The summed E-state index contributed by atoms with van der Waals surface area (Å²) < 4.78 is 5.44. The Bertz CT molecular complexity index is 660. The van der Waals surface area contributed by atoms with Gasteiger partial charge in [0.25, 0.3) is 5.91 Å². The zero-order valence-electron chi connectivity index (χ0n) is 13.3. The lowest BCUT2D eigenvalue weighted by Gasteiger charge is -2.50. The third-order valence-corrected chi connectivity index (χ3v) is 6.07. The number of ether oxygens (including phenoxy) is 1. The molecule has 4 aliphatic rings. The van der Waals surface area contributed by atoms with E-state index in [2.05, 4.69) is 10.5 Å². The van der Waals surface area contributed by atoms with Crippen LogP contribution in [0.2, 0.25) is 10.0 Å². The molecule has 4 aliphatic carbocycles. The first-order chi connectivity index (χ1) is 11.6. The maximum absolute atomic E-state index is 12.0. The number of nitrogens with zero attached hydrogens (tertiary/aromatic N) is 1. The molecule has 0 radical (unpaired) electrons. The minimum Gasteiger partial charge on any atom is -0.482 e. The number of nitrogens with one attached hydrogen (secondary N) is 1. The summed E-state index contributed by atoms with van der Waals surface area (Å²) in [7, 11) is 0. The van der Waals surface area contributed by atoms with Crippen LogP contribution in [0.3, 0.4) is 0 Å². The Labute approximate surface area is 151 Å². The van der Waals surface area contributed by atoms with Crippen LogP contribution in [-0.2, 0) is 4.79 Å². The summed E-state index contributed by atoms with van der Waals surface area (Å²) in [6.07, 6.45) is 6.40. The number of rotatable bonds is 4. The molecule has 0 aliphatic heterocycles. The zero-order valence-corrected chi connectivity index (χ0v) is 14.8. The summed E-state index contributed by atoms with van der Waals surface area (Å²) in [5.74, 6) is 3.11. The molecule has 0 heterocycles. The highest BCUT2D eigenvalue weighted by atomic mass is 35.5. The first-order valence-electron chi connectivity index (χ1n) is 8.52. The van der Waals surface area contributed by atoms with Crippen molar-refractivity contribution in [1.82, 2.24) is 5.43 Å². The van der Waals surface area contributed by atoms with Crippen LogP contribution in [-0.4, -0.2) is 18.2 Å². The van der Waals surface area contributed by atoms with Crippen molar-refractivity contribution >= 4 is 34.8 Å². The van der Waals surface area contributed by atoms with Crippen molar-refractivity contribution in [2.24, 2.45) is 28.8 Å². The maximum Gasteiger partial charge on any atom is 0.277 e. The molecule has 1 aromatic rings. The van der Waals surface area contributed by atoms with Crippen molar-refractivity contribution in [3.05, 3.63) is 28.2 Å². The van der Waals surface area contributed by atoms with Gasteiger partial charge in [-0.1, -0.05) is 23.2 Å². The predicted octanol–water partition coefficient (Wildman–Crippen LogP) is 4.30. The average molecular weight is 367 g/mol. The monoisotopic (exact) mass is 366 g/mol. The second-order valence-electron chi connectivity index (χ2n) is 7.24. The Hall–Kier alpha value is -1.26. The molecule has 6 heteroatoms. The second-order valence-corrected chi connectivity index (χ2v) is 8.08. The molecule has 4 saturated carbocycles. The molecular formula is C18H20Cl2N2O2. The number of carbonyl (C=O) groups excluding carboxylic acids is 1. The molecule has 1 aromatic carbocycles. The summed E-state index contributed by atoms with van der Waals surface area (Å²) in [6, 6.07) is 4.92. The Morgan fingerprint density at radius 1 is 1.12 bits per heavy atom. The minimum absolute atomic E-state index is 0.112. The smallest absolute Gasteiger partial charge is 0.277 e. The molecule has 1 amide bonds.